The number of hydrogen-bond acceptors (Lipinski definition) is 6. The van der Waals surface area contributed by atoms with Crippen LogP contribution in [0.15, 0.2) is 11.2 Å². The highest BCUT2D eigenvalue weighted by atomic mass is 32.2. The summed E-state index contributed by atoms with van der Waals surface area (Å²) in [5.74, 6) is 1.65. The third-order valence-electron chi connectivity index (χ3n) is 3.32. The number of hydrogen-bond donors (Lipinski definition) is 3. The van der Waals surface area contributed by atoms with Crippen LogP contribution in [0.4, 0.5) is 11.6 Å². The van der Waals surface area contributed by atoms with Gasteiger partial charge in [0.25, 0.3) is 0 Å². The number of anilines is 2. The molecule has 0 radical (unpaired) electrons. The van der Waals surface area contributed by atoms with Crippen molar-refractivity contribution in [2.24, 2.45) is 0 Å². The lowest BCUT2D eigenvalue weighted by Crippen LogP contribution is -2.35. The zero-order chi connectivity index (χ0) is 15.0. The van der Waals surface area contributed by atoms with Crippen LogP contribution in [0, 0.1) is 0 Å². The molecule has 0 bridgehead atoms. The molecule has 1 rings (SSSR count). The molecule has 1 aromatic rings. The summed E-state index contributed by atoms with van der Waals surface area (Å²) in [6, 6.07) is 1.93. The summed E-state index contributed by atoms with van der Waals surface area (Å²) in [6.45, 7) is 7.39. The molecule has 0 spiro atoms. The molecule has 1 heterocycles. The Labute approximate surface area is 126 Å². The average Bonchev–Trinajstić information content (AvgIpc) is 2.45. The highest BCUT2D eigenvalue weighted by molar-refractivity contribution is 7.98. The van der Waals surface area contributed by atoms with Crippen molar-refractivity contribution in [1.82, 2.24) is 9.97 Å². The average molecular weight is 298 g/mol. The predicted molar refractivity (Wildman–Crippen MR) is 86.6 cm³/mol. The van der Waals surface area contributed by atoms with Crippen molar-refractivity contribution in [3.63, 3.8) is 0 Å². The number of rotatable bonds is 9. The Morgan fingerprint density at radius 3 is 2.55 bits per heavy atom. The van der Waals surface area contributed by atoms with Gasteiger partial charge < -0.3 is 15.7 Å². The van der Waals surface area contributed by atoms with E-state index in [2.05, 4.69) is 41.4 Å². The summed E-state index contributed by atoms with van der Waals surface area (Å²) in [4.78, 5) is 8.94. The van der Waals surface area contributed by atoms with E-state index >= 15 is 0 Å². The first-order chi connectivity index (χ1) is 9.56. The highest BCUT2D eigenvalue weighted by Crippen LogP contribution is 2.24. The number of aliphatic hydroxyl groups is 1. The Bertz CT molecular complexity index is 416. The second-order valence-electron chi connectivity index (χ2n) is 5.06. The van der Waals surface area contributed by atoms with Crippen LogP contribution >= 0.6 is 11.8 Å². The molecule has 3 N–H and O–H groups in total. The van der Waals surface area contributed by atoms with Gasteiger partial charge in [0, 0.05) is 24.8 Å². The molecule has 0 fully saturated rings. The summed E-state index contributed by atoms with van der Waals surface area (Å²) >= 11 is 1.53. The summed E-state index contributed by atoms with van der Waals surface area (Å²) in [7, 11) is 0. The maximum Gasteiger partial charge on any atom is 0.191 e. The van der Waals surface area contributed by atoms with Crippen molar-refractivity contribution in [1.29, 1.82) is 0 Å². The molecule has 1 atom stereocenters. The maximum absolute atomic E-state index is 9.19. The fraction of sp³-hybridized carbons (Fsp3) is 0.714. The lowest BCUT2D eigenvalue weighted by molar-refractivity contribution is 0.251. The van der Waals surface area contributed by atoms with Crippen molar-refractivity contribution in [2.75, 3.05) is 30.0 Å². The van der Waals surface area contributed by atoms with Crippen LogP contribution < -0.4 is 10.6 Å². The van der Waals surface area contributed by atoms with Gasteiger partial charge in [0.1, 0.15) is 11.6 Å². The van der Waals surface area contributed by atoms with Gasteiger partial charge in [-0.2, -0.15) is 0 Å². The zero-order valence-corrected chi connectivity index (χ0v) is 13.7. The van der Waals surface area contributed by atoms with Crippen molar-refractivity contribution in [3.05, 3.63) is 6.07 Å². The summed E-state index contributed by atoms with van der Waals surface area (Å²) in [5, 5.41) is 16.7. The van der Waals surface area contributed by atoms with E-state index in [1.807, 2.05) is 12.3 Å². The van der Waals surface area contributed by atoms with Gasteiger partial charge in [-0.3, -0.25) is 0 Å². The Morgan fingerprint density at radius 1 is 1.30 bits per heavy atom. The predicted octanol–water partition coefficient (Wildman–Crippen LogP) is 2.98. The normalized spacial score (nSPS) is 13.8. The molecular formula is C14H26N4OS. The first kappa shape index (κ1) is 17.0. The number of aliphatic hydroxyl groups excluding tert-OH is 1. The molecule has 114 valence electrons. The minimum atomic E-state index is -0.152. The van der Waals surface area contributed by atoms with E-state index in [0.717, 1.165) is 36.2 Å². The summed E-state index contributed by atoms with van der Waals surface area (Å²) in [6.07, 6.45) is 4.64. The molecule has 0 aliphatic heterocycles. The first-order valence-electron chi connectivity index (χ1n) is 7.13. The molecule has 0 aromatic carbocycles. The van der Waals surface area contributed by atoms with Crippen LogP contribution in [-0.4, -0.2) is 40.0 Å². The van der Waals surface area contributed by atoms with Gasteiger partial charge in [-0.1, -0.05) is 25.6 Å². The van der Waals surface area contributed by atoms with Crippen LogP contribution in [0.3, 0.4) is 0 Å². The van der Waals surface area contributed by atoms with E-state index < -0.39 is 0 Å². The van der Waals surface area contributed by atoms with Gasteiger partial charge in [-0.05, 0) is 32.4 Å². The minimum absolute atomic E-state index is 0.152. The Kier molecular flexibility index (Phi) is 7.09. The second kappa shape index (κ2) is 8.32. The van der Waals surface area contributed by atoms with E-state index in [1.54, 1.807) is 0 Å². The summed E-state index contributed by atoms with van der Waals surface area (Å²) in [5.41, 5.74) is -0.152. The Hall–Kier alpha value is -1.01. The van der Waals surface area contributed by atoms with Crippen molar-refractivity contribution >= 4 is 23.4 Å². The van der Waals surface area contributed by atoms with E-state index in [1.165, 1.54) is 11.8 Å². The van der Waals surface area contributed by atoms with Crippen LogP contribution in [0.25, 0.3) is 0 Å². The maximum atomic E-state index is 9.19. The molecular weight excluding hydrogens is 272 g/mol. The van der Waals surface area contributed by atoms with Crippen LogP contribution in [0.5, 0.6) is 0 Å². The second-order valence-corrected chi connectivity index (χ2v) is 5.84. The molecule has 0 aliphatic carbocycles. The molecule has 5 nitrogen and oxygen atoms in total. The summed E-state index contributed by atoms with van der Waals surface area (Å²) < 4.78 is 0. The van der Waals surface area contributed by atoms with Gasteiger partial charge >= 0.3 is 0 Å². The number of thioether (sulfide) groups is 1. The molecule has 6 heteroatoms. The smallest absolute Gasteiger partial charge is 0.191 e. The molecule has 0 saturated carbocycles. The number of nitrogens with one attached hydrogen (secondary N) is 2. The van der Waals surface area contributed by atoms with E-state index in [9.17, 15) is 5.11 Å². The van der Waals surface area contributed by atoms with E-state index in [0.29, 0.717) is 6.42 Å². The van der Waals surface area contributed by atoms with E-state index in [-0.39, 0.29) is 12.1 Å². The highest BCUT2D eigenvalue weighted by Gasteiger charge is 2.22. The van der Waals surface area contributed by atoms with Gasteiger partial charge in [0.05, 0.1) is 0 Å². The number of nitrogens with zero attached hydrogens (tertiary/aromatic N) is 2. The van der Waals surface area contributed by atoms with E-state index in [4.69, 9.17) is 0 Å². The quantitative estimate of drug-likeness (QED) is 0.481. The van der Waals surface area contributed by atoms with Crippen molar-refractivity contribution in [2.45, 2.75) is 50.7 Å². The van der Waals surface area contributed by atoms with Crippen molar-refractivity contribution in [3.8, 4) is 0 Å². The largest absolute Gasteiger partial charge is 0.396 e. The van der Waals surface area contributed by atoms with Gasteiger partial charge in [-0.15, -0.1) is 0 Å². The lowest BCUT2D eigenvalue weighted by atomic mass is 9.95. The monoisotopic (exact) mass is 298 g/mol. The fourth-order valence-electron chi connectivity index (χ4n) is 1.81. The van der Waals surface area contributed by atoms with Crippen LogP contribution in [-0.2, 0) is 0 Å². The third-order valence-corrected chi connectivity index (χ3v) is 3.87. The van der Waals surface area contributed by atoms with Crippen molar-refractivity contribution < 1.29 is 5.11 Å². The Morgan fingerprint density at radius 2 is 2.00 bits per heavy atom. The molecule has 1 unspecified atom stereocenters. The topological polar surface area (TPSA) is 70.1 Å². The van der Waals surface area contributed by atoms with Crippen LogP contribution in [0.1, 0.15) is 40.0 Å². The van der Waals surface area contributed by atoms with Crippen LogP contribution in [0.2, 0.25) is 0 Å². The Balaban J connectivity index is 2.92. The van der Waals surface area contributed by atoms with Gasteiger partial charge in [0.2, 0.25) is 0 Å². The molecule has 0 saturated heterocycles. The SMILES string of the molecule is CCCNc1cc(NC(C)(CC)CCO)nc(SC)n1. The van der Waals surface area contributed by atoms with Gasteiger partial charge in [-0.25, -0.2) is 9.97 Å². The molecule has 20 heavy (non-hydrogen) atoms. The third kappa shape index (κ3) is 5.17. The molecule has 0 aliphatic rings. The first-order valence-corrected chi connectivity index (χ1v) is 8.35. The zero-order valence-electron chi connectivity index (χ0n) is 12.9. The molecule has 0 amide bonds. The standard InChI is InChI=1S/C14H26N4OS/c1-5-8-15-11-10-12(17-13(16-11)20-4)18-14(3,6-2)7-9-19/h10,19H,5-9H2,1-4H3,(H2,15,16,17,18). The fourth-order valence-corrected chi connectivity index (χ4v) is 2.19. The lowest BCUT2D eigenvalue weighted by Gasteiger charge is -2.29. The minimum Gasteiger partial charge on any atom is -0.396 e. The number of aromatic nitrogens is 2. The van der Waals surface area contributed by atoms with Gasteiger partial charge in [0.15, 0.2) is 5.16 Å². The molecule has 1 aromatic heterocycles.